The Morgan fingerprint density at radius 3 is 2.92 bits per heavy atom. The van der Waals surface area contributed by atoms with E-state index in [-0.39, 0.29) is 5.78 Å². The van der Waals surface area contributed by atoms with Gasteiger partial charge in [0, 0.05) is 23.7 Å². The van der Waals surface area contributed by atoms with Gasteiger partial charge in [-0.3, -0.25) is 4.79 Å². The minimum absolute atomic E-state index is 0.0176. The highest BCUT2D eigenvalue weighted by atomic mass is 35.5. The number of Topliss-reactive ketones (excluding diaryl/α,β-unsaturated/α-hetero) is 1. The van der Waals surface area contributed by atoms with Gasteiger partial charge in [0.15, 0.2) is 5.78 Å². The summed E-state index contributed by atoms with van der Waals surface area (Å²) in [5, 5.41) is 0.500. The van der Waals surface area contributed by atoms with E-state index in [1.165, 1.54) is 12.5 Å². The van der Waals surface area contributed by atoms with Crippen molar-refractivity contribution in [2.45, 2.75) is 13.5 Å². The third-order valence-corrected chi connectivity index (χ3v) is 2.23. The molecule has 0 atom stereocenters. The van der Waals surface area contributed by atoms with E-state index in [0.717, 1.165) is 0 Å². The number of ketones is 1. The Labute approximate surface area is 86.8 Å². The summed E-state index contributed by atoms with van der Waals surface area (Å²) in [7, 11) is 0. The van der Waals surface area contributed by atoms with Crippen molar-refractivity contribution in [1.82, 2.24) is 4.57 Å². The van der Waals surface area contributed by atoms with Gasteiger partial charge in [0.25, 0.3) is 0 Å². The lowest BCUT2D eigenvalue weighted by Crippen LogP contribution is -2.05. The molecule has 1 aromatic rings. The SMILES string of the molecule is CC(=O)c1cccn1CC(Cl)=CCl. The second-order valence-electron chi connectivity index (χ2n) is 2.63. The van der Waals surface area contributed by atoms with E-state index in [1.807, 2.05) is 0 Å². The molecular formula is C9H9Cl2NO. The summed E-state index contributed by atoms with van der Waals surface area (Å²) in [6, 6.07) is 3.55. The van der Waals surface area contributed by atoms with Crippen molar-refractivity contribution in [3.63, 3.8) is 0 Å². The summed E-state index contributed by atoms with van der Waals surface area (Å²) in [6.45, 7) is 1.96. The maximum absolute atomic E-state index is 11.1. The molecule has 0 aromatic carbocycles. The summed E-state index contributed by atoms with van der Waals surface area (Å²) < 4.78 is 1.75. The van der Waals surface area contributed by atoms with E-state index in [2.05, 4.69) is 0 Å². The van der Waals surface area contributed by atoms with Gasteiger partial charge in [0.1, 0.15) is 0 Å². The average molecular weight is 218 g/mol. The Balaban J connectivity index is 2.89. The molecule has 0 unspecified atom stereocenters. The number of nitrogens with zero attached hydrogens (tertiary/aromatic N) is 1. The van der Waals surface area contributed by atoms with Crippen molar-refractivity contribution in [3.05, 3.63) is 34.6 Å². The molecule has 0 amide bonds. The molecule has 0 spiro atoms. The number of aromatic nitrogens is 1. The minimum atomic E-state index is 0.0176. The molecule has 1 rings (SSSR count). The number of rotatable bonds is 3. The Kier molecular flexibility index (Phi) is 3.58. The molecule has 0 fully saturated rings. The topological polar surface area (TPSA) is 22.0 Å². The molecule has 1 heterocycles. The zero-order valence-electron chi connectivity index (χ0n) is 7.13. The molecular weight excluding hydrogens is 209 g/mol. The van der Waals surface area contributed by atoms with Crippen LogP contribution in [0.2, 0.25) is 0 Å². The van der Waals surface area contributed by atoms with Crippen molar-refractivity contribution < 1.29 is 4.79 Å². The van der Waals surface area contributed by atoms with Crippen LogP contribution in [0.4, 0.5) is 0 Å². The van der Waals surface area contributed by atoms with Crippen molar-refractivity contribution in [3.8, 4) is 0 Å². The normalized spacial score (nSPS) is 11.8. The lowest BCUT2D eigenvalue weighted by atomic mass is 10.3. The molecule has 4 heteroatoms. The van der Waals surface area contributed by atoms with Crippen molar-refractivity contribution in [1.29, 1.82) is 0 Å². The quantitative estimate of drug-likeness (QED) is 0.714. The molecule has 0 saturated heterocycles. The van der Waals surface area contributed by atoms with Crippen LogP contribution in [0, 0.1) is 0 Å². The van der Waals surface area contributed by atoms with Crippen LogP contribution in [0.15, 0.2) is 28.9 Å². The molecule has 0 aliphatic heterocycles. The zero-order chi connectivity index (χ0) is 9.84. The highest BCUT2D eigenvalue weighted by molar-refractivity contribution is 6.36. The van der Waals surface area contributed by atoms with E-state index < -0.39 is 0 Å². The van der Waals surface area contributed by atoms with Gasteiger partial charge in [-0.25, -0.2) is 0 Å². The number of hydrogen-bond acceptors (Lipinski definition) is 1. The number of carbonyl (C=O) groups is 1. The Morgan fingerprint density at radius 1 is 1.69 bits per heavy atom. The first-order chi connectivity index (χ1) is 6.15. The number of allylic oxidation sites excluding steroid dienone is 1. The van der Waals surface area contributed by atoms with Gasteiger partial charge >= 0.3 is 0 Å². The van der Waals surface area contributed by atoms with Crippen molar-refractivity contribution in [2.24, 2.45) is 0 Å². The summed E-state index contributed by atoms with van der Waals surface area (Å²) in [5.41, 5.74) is 1.93. The third-order valence-electron chi connectivity index (χ3n) is 1.63. The molecule has 70 valence electrons. The first-order valence-electron chi connectivity index (χ1n) is 3.76. The van der Waals surface area contributed by atoms with E-state index in [9.17, 15) is 4.79 Å². The first kappa shape index (κ1) is 10.4. The standard InChI is InChI=1S/C9H9Cl2NO/c1-7(13)9-3-2-4-12(9)6-8(11)5-10/h2-5H,6H2,1H3. The van der Waals surface area contributed by atoms with Crippen LogP contribution in [0.5, 0.6) is 0 Å². The second kappa shape index (κ2) is 4.49. The van der Waals surface area contributed by atoms with Crippen LogP contribution in [0.25, 0.3) is 0 Å². The predicted molar refractivity (Wildman–Crippen MR) is 54.2 cm³/mol. The highest BCUT2D eigenvalue weighted by Gasteiger charge is 2.05. The van der Waals surface area contributed by atoms with Crippen molar-refractivity contribution in [2.75, 3.05) is 0 Å². The monoisotopic (exact) mass is 217 g/mol. The van der Waals surface area contributed by atoms with Gasteiger partial charge in [-0.05, 0) is 12.1 Å². The lowest BCUT2D eigenvalue weighted by Gasteiger charge is -2.04. The molecule has 0 saturated carbocycles. The molecule has 2 nitrogen and oxygen atoms in total. The van der Waals surface area contributed by atoms with Crippen LogP contribution < -0.4 is 0 Å². The summed E-state index contributed by atoms with van der Waals surface area (Å²) in [5.74, 6) is 0.0176. The van der Waals surface area contributed by atoms with Gasteiger partial charge in [-0.15, -0.1) is 0 Å². The molecule has 0 radical (unpaired) electrons. The number of halogens is 2. The minimum Gasteiger partial charge on any atom is -0.340 e. The zero-order valence-corrected chi connectivity index (χ0v) is 8.64. The molecule has 0 aliphatic carbocycles. The highest BCUT2D eigenvalue weighted by Crippen LogP contribution is 2.11. The fraction of sp³-hybridized carbons (Fsp3) is 0.222. The van der Waals surface area contributed by atoms with Gasteiger partial charge in [0.05, 0.1) is 12.2 Å². The Bertz CT molecular complexity index is 341. The summed E-state index contributed by atoms with van der Waals surface area (Å²) in [6.07, 6.45) is 1.79. The molecule has 0 N–H and O–H groups in total. The predicted octanol–water partition coefficient (Wildman–Crippen LogP) is 3.01. The Hall–Kier alpha value is -0.730. The average Bonchev–Trinajstić information content (AvgIpc) is 2.52. The first-order valence-corrected chi connectivity index (χ1v) is 4.57. The van der Waals surface area contributed by atoms with Gasteiger partial charge in [-0.2, -0.15) is 0 Å². The van der Waals surface area contributed by atoms with Crippen molar-refractivity contribution >= 4 is 29.0 Å². The number of carbonyl (C=O) groups excluding carboxylic acids is 1. The fourth-order valence-corrected chi connectivity index (χ4v) is 1.27. The van der Waals surface area contributed by atoms with E-state index >= 15 is 0 Å². The Morgan fingerprint density at radius 2 is 2.38 bits per heavy atom. The van der Waals surface area contributed by atoms with E-state index in [0.29, 0.717) is 17.3 Å². The molecule has 0 bridgehead atoms. The van der Waals surface area contributed by atoms with Gasteiger partial charge < -0.3 is 4.57 Å². The largest absolute Gasteiger partial charge is 0.340 e. The lowest BCUT2D eigenvalue weighted by molar-refractivity contribution is 0.100. The maximum Gasteiger partial charge on any atom is 0.176 e. The van der Waals surface area contributed by atoms with Crippen LogP contribution in [-0.2, 0) is 6.54 Å². The van der Waals surface area contributed by atoms with E-state index in [1.54, 1.807) is 22.9 Å². The molecule has 1 aromatic heterocycles. The summed E-state index contributed by atoms with van der Waals surface area (Å²) >= 11 is 11.1. The van der Waals surface area contributed by atoms with Crippen LogP contribution in [0.1, 0.15) is 17.4 Å². The smallest absolute Gasteiger partial charge is 0.176 e. The van der Waals surface area contributed by atoms with Gasteiger partial charge in [-0.1, -0.05) is 23.2 Å². The van der Waals surface area contributed by atoms with Crippen LogP contribution in [-0.4, -0.2) is 10.4 Å². The van der Waals surface area contributed by atoms with Crippen LogP contribution >= 0.6 is 23.2 Å². The third kappa shape index (κ3) is 2.61. The molecule has 0 aliphatic rings. The summed E-state index contributed by atoms with van der Waals surface area (Å²) in [4.78, 5) is 11.1. The maximum atomic E-state index is 11.1. The van der Waals surface area contributed by atoms with Gasteiger partial charge in [0.2, 0.25) is 0 Å². The molecule has 13 heavy (non-hydrogen) atoms. The van der Waals surface area contributed by atoms with E-state index in [4.69, 9.17) is 23.2 Å². The second-order valence-corrected chi connectivity index (χ2v) is 3.34. The van der Waals surface area contributed by atoms with Crippen LogP contribution in [0.3, 0.4) is 0 Å². The number of hydrogen-bond donors (Lipinski definition) is 0. The fourth-order valence-electron chi connectivity index (χ4n) is 1.07.